The first kappa shape index (κ1) is 18.4. The molecule has 0 spiro atoms. The van der Waals surface area contributed by atoms with Crippen molar-refractivity contribution in [2.24, 2.45) is 5.73 Å². The minimum atomic E-state index is -0.147. The molecule has 1 aromatic carbocycles. The molecule has 0 unspecified atom stereocenters. The highest BCUT2D eigenvalue weighted by molar-refractivity contribution is 7.15. The van der Waals surface area contributed by atoms with E-state index in [0.29, 0.717) is 5.56 Å². The lowest BCUT2D eigenvalue weighted by Gasteiger charge is -2.34. The molecule has 0 atom stereocenters. The van der Waals surface area contributed by atoms with Gasteiger partial charge in [-0.25, -0.2) is 4.39 Å². The van der Waals surface area contributed by atoms with Gasteiger partial charge in [0.15, 0.2) is 0 Å². The second-order valence-electron chi connectivity index (χ2n) is 5.65. The van der Waals surface area contributed by atoms with Crippen LogP contribution in [-0.2, 0) is 6.54 Å². The van der Waals surface area contributed by atoms with Gasteiger partial charge in [0.25, 0.3) is 0 Å². The zero-order chi connectivity index (χ0) is 15.4. The van der Waals surface area contributed by atoms with Gasteiger partial charge < -0.3 is 5.73 Å². The van der Waals surface area contributed by atoms with Gasteiger partial charge in [-0.2, -0.15) is 0 Å². The summed E-state index contributed by atoms with van der Waals surface area (Å²) in [5.41, 5.74) is 6.30. The fourth-order valence-corrected chi connectivity index (χ4v) is 3.92. The molecule has 1 aliphatic heterocycles. The van der Waals surface area contributed by atoms with Crippen molar-refractivity contribution >= 4 is 23.7 Å². The van der Waals surface area contributed by atoms with Crippen molar-refractivity contribution in [2.75, 3.05) is 39.3 Å². The number of hydrogen-bond acceptors (Lipinski definition) is 4. The molecule has 23 heavy (non-hydrogen) atoms. The molecule has 2 heterocycles. The summed E-state index contributed by atoms with van der Waals surface area (Å²) in [6.07, 6.45) is 0. The molecule has 0 bridgehead atoms. The zero-order valence-electron chi connectivity index (χ0n) is 13.1. The Bertz CT molecular complexity index is 611. The van der Waals surface area contributed by atoms with Gasteiger partial charge in [-0.15, -0.1) is 23.7 Å². The highest BCUT2D eigenvalue weighted by atomic mass is 35.5. The summed E-state index contributed by atoms with van der Waals surface area (Å²) < 4.78 is 13.8. The zero-order valence-corrected chi connectivity index (χ0v) is 14.7. The van der Waals surface area contributed by atoms with Gasteiger partial charge in [-0.3, -0.25) is 9.80 Å². The summed E-state index contributed by atoms with van der Waals surface area (Å²) in [5, 5.41) is 0. The number of nitrogens with two attached hydrogens (primary N) is 1. The third-order valence-corrected chi connectivity index (χ3v) is 5.19. The third-order valence-electron chi connectivity index (χ3n) is 4.09. The molecule has 2 N–H and O–H groups in total. The Morgan fingerprint density at radius 3 is 2.39 bits per heavy atom. The van der Waals surface area contributed by atoms with Crippen LogP contribution in [0, 0.1) is 5.82 Å². The Morgan fingerprint density at radius 1 is 1.00 bits per heavy atom. The number of rotatable bonds is 5. The SMILES string of the molecule is Cl.NCCN1CCN(Cc2ccc(-c3ccccc3F)s2)CC1. The normalized spacial score (nSPS) is 16.3. The first-order chi connectivity index (χ1) is 10.8. The van der Waals surface area contributed by atoms with Crippen LogP contribution in [0.1, 0.15) is 4.88 Å². The molecule has 126 valence electrons. The minimum Gasteiger partial charge on any atom is -0.329 e. The average molecular weight is 356 g/mol. The summed E-state index contributed by atoms with van der Waals surface area (Å²) >= 11 is 1.69. The van der Waals surface area contributed by atoms with Crippen LogP contribution in [0.2, 0.25) is 0 Å². The van der Waals surface area contributed by atoms with E-state index in [9.17, 15) is 4.39 Å². The molecule has 1 aliphatic rings. The van der Waals surface area contributed by atoms with Crippen molar-refractivity contribution in [3.05, 3.63) is 47.1 Å². The van der Waals surface area contributed by atoms with Gasteiger partial charge in [0, 0.05) is 61.1 Å². The lowest BCUT2D eigenvalue weighted by Crippen LogP contribution is -2.47. The molecule has 6 heteroatoms. The molecule has 3 nitrogen and oxygen atoms in total. The van der Waals surface area contributed by atoms with E-state index in [1.165, 1.54) is 10.9 Å². The molecule has 0 saturated carbocycles. The second kappa shape index (κ2) is 8.76. The fraction of sp³-hybridized carbons (Fsp3) is 0.412. The van der Waals surface area contributed by atoms with Gasteiger partial charge in [0.1, 0.15) is 5.82 Å². The molecule has 1 aromatic heterocycles. The second-order valence-corrected chi connectivity index (χ2v) is 6.82. The highest BCUT2D eigenvalue weighted by Crippen LogP contribution is 2.30. The predicted octanol–water partition coefficient (Wildman–Crippen LogP) is 3.05. The number of halogens is 2. The first-order valence-electron chi connectivity index (χ1n) is 7.74. The number of benzene rings is 1. The van der Waals surface area contributed by atoms with E-state index in [1.54, 1.807) is 17.4 Å². The number of piperazine rings is 1. The quantitative estimate of drug-likeness (QED) is 0.894. The first-order valence-corrected chi connectivity index (χ1v) is 8.56. The monoisotopic (exact) mass is 355 g/mol. The average Bonchev–Trinajstić information content (AvgIpc) is 2.98. The van der Waals surface area contributed by atoms with Crippen LogP contribution in [-0.4, -0.2) is 49.1 Å². The summed E-state index contributed by atoms with van der Waals surface area (Å²) in [6.45, 7) is 7.00. The topological polar surface area (TPSA) is 32.5 Å². The van der Waals surface area contributed by atoms with Crippen molar-refractivity contribution in [1.82, 2.24) is 9.80 Å². The van der Waals surface area contributed by atoms with E-state index in [4.69, 9.17) is 5.73 Å². The van der Waals surface area contributed by atoms with Gasteiger partial charge in [-0.05, 0) is 18.2 Å². The van der Waals surface area contributed by atoms with Crippen LogP contribution in [0.25, 0.3) is 10.4 Å². The Morgan fingerprint density at radius 2 is 1.70 bits per heavy atom. The molecule has 0 aliphatic carbocycles. The number of hydrogen-bond donors (Lipinski definition) is 1. The minimum absolute atomic E-state index is 0. The number of nitrogens with zero attached hydrogens (tertiary/aromatic N) is 2. The molecule has 0 amide bonds. The predicted molar refractivity (Wildman–Crippen MR) is 97.7 cm³/mol. The van der Waals surface area contributed by atoms with E-state index >= 15 is 0 Å². The number of thiophene rings is 1. The van der Waals surface area contributed by atoms with Crippen molar-refractivity contribution in [2.45, 2.75) is 6.54 Å². The van der Waals surface area contributed by atoms with Gasteiger partial charge in [0.2, 0.25) is 0 Å². The van der Waals surface area contributed by atoms with E-state index in [1.807, 2.05) is 18.2 Å². The maximum Gasteiger partial charge on any atom is 0.131 e. The highest BCUT2D eigenvalue weighted by Gasteiger charge is 2.17. The van der Waals surface area contributed by atoms with Crippen molar-refractivity contribution in [3.63, 3.8) is 0 Å². The van der Waals surface area contributed by atoms with Crippen molar-refractivity contribution < 1.29 is 4.39 Å². The maximum atomic E-state index is 13.8. The van der Waals surface area contributed by atoms with Crippen LogP contribution in [0.3, 0.4) is 0 Å². The van der Waals surface area contributed by atoms with E-state index in [2.05, 4.69) is 15.9 Å². The molecule has 2 aromatic rings. The Hall–Kier alpha value is -0.980. The molecular weight excluding hydrogens is 333 g/mol. The molecule has 1 fully saturated rings. The molecule has 1 saturated heterocycles. The summed E-state index contributed by atoms with van der Waals surface area (Å²) in [5.74, 6) is -0.147. The summed E-state index contributed by atoms with van der Waals surface area (Å²) in [4.78, 5) is 7.18. The Labute approximate surface area is 147 Å². The summed E-state index contributed by atoms with van der Waals surface area (Å²) in [6, 6.07) is 11.1. The van der Waals surface area contributed by atoms with Crippen LogP contribution in [0.4, 0.5) is 4.39 Å². The van der Waals surface area contributed by atoms with E-state index < -0.39 is 0 Å². The van der Waals surface area contributed by atoms with Gasteiger partial charge in [0.05, 0.1) is 0 Å². The largest absolute Gasteiger partial charge is 0.329 e. The smallest absolute Gasteiger partial charge is 0.131 e. The maximum absolute atomic E-state index is 13.8. The van der Waals surface area contributed by atoms with Gasteiger partial charge in [-0.1, -0.05) is 18.2 Å². The van der Waals surface area contributed by atoms with Gasteiger partial charge >= 0.3 is 0 Å². The van der Waals surface area contributed by atoms with Crippen molar-refractivity contribution in [1.29, 1.82) is 0 Å². The molecular formula is C17H23ClFN3S. The summed E-state index contributed by atoms with van der Waals surface area (Å²) in [7, 11) is 0. The Balaban J connectivity index is 0.00000192. The van der Waals surface area contributed by atoms with Crippen LogP contribution >= 0.6 is 23.7 Å². The van der Waals surface area contributed by atoms with Crippen LogP contribution in [0.15, 0.2) is 36.4 Å². The Kier molecular flexibility index (Phi) is 6.99. The standard InChI is InChI=1S/C17H22FN3S.ClH/c18-16-4-2-1-3-15(16)17-6-5-14(22-17)13-21-11-9-20(8-7-19)10-12-21;/h1-6H,7-13,19H2;1H. The van der Waals surface area contributed by atoms with E-state index in [0.717, 1.165) is 50.7 Å². The third kappa shape index (κ3) is 4.75. The lowest BCUT2D eigenvalue weighted by molar-refractivity contribution is 0.130. The lowest BCUT2D eigenvalue weighted by atomic mass is 10.2. The van der Waals surface area contributed by atoms with Crippen LogP contribution < -0.4 is 5.73 Å². The fourth-order valence-electron chi connectivity index (χ4n) is 2.84. The van der Waals surface area contributed by atoms with Crippen molar-refractivity contribution in [3.8, 4) is 10.4 Å². The molecule has 0 radical (unpaired) electrons. The van der Waals surface area contributed by atoms with Crippen LogP contribution in [0.5, 0.6) is 0 Å². The van der Waals surface area contributed by atoms with E-state index in [-0.39, 0.29) is 18.2 Å². The molecule has 3 rings (SSSR count).